The van der Waals surface area contributed by atoms with Gasteiger partial charge < -0.3 is 0 Å². The van der Waals surface area contributed by atoms with Crippen molar-refractivity contribution in [2.24, 2.45) is 0 Å². The SMILES string of the molecule is CCC[CH2][Sn]([CH2]CCC)([CH2]CCC)[CH]1C=[N+](C)C(=O)N(C)C1=O. The molecule has 0 fully saturated rings. The van der Waals surface area contributed by atoms with E-state index in [4.69, 9.17) is 0 Å². The third-order valence-electron chi connectivity index (χ3n) is 5.30. The zero-order chi connectivity index (χ0) is 17.5. The van der Waals surface area contributed by atoms with E-state index in [9.17, 15) is 9.59 Å². The molecule has 4 nitrogen and oxygen atoms in total. The molecule has 0 aliphatic carbocycles. The molecule has 23 heavy (non-hydrogen) atoms. The van der Waals surface area contributed by atoms with Crippen molar-refractivity contribution in [2.45, 2.75) is 76.5 Å². The van der Waals surface area contributed by atoms with Crippen molar-refractivity contribution in [2.75, 3.05) is 14.1 Å². The summed E-state index contributed by atoms with van der Waals surface area (Å²) in [6.07, 6.45) is 9.29. The van der Waals surface area contributed by atoms with E-state index in [2.05, 4.69) is 20.8 Å². The van der Waals surface area contributed by atoms with E-state index in [1.54, 1.807) is 18.7 Å². The fourth-order valence-electron chi connectivity index (χ4n) is 3.74. The molecule has 1 rings (SSSR count). The number of hydrogen-bond donors (Lipinski definition) is 0. The zero-order valence-electron chi connectivity index (χ0n) is 15.7. The molecule has 0 N–H and O–H groups in total. The summed E-state index contributed by atoms with van der Waals surface area (Å²) in [5.74, 6) is 0.0761. The first-order valence-corrected chi connectivity index (χ1v) is 17.0. The van der Waals surface area contributed by atoms with Gasteiger partial charge in [-0.15, -0.1) is 0 Å². The monoisotopic (exact) mass is 431 g/mol. The van der Waals surface area contributed by atoms with Crippen LogP contribution in [-0.2, 0) is 4.79 Å². The average molecular weight is 430 g/mol. The van der Waals surface area contributed by atoms with Crippen LogP contribution in [0.15, 0.2) is 0 Å². The first-order chi connectivity index (χ1) is 10.9. The summed E-state index contributed by atoms with van der Waals surface area (Å²) in [6, 6.07) is -0.187. The van der Waals surface area contributed by atoms with Gasteiger partial charge in [-0.05, 0) is 0 Å². The van der Waals surface area contributed by atoms with Crippen LogP contribution in [0.5, 0.6) is 0 Å². The standard InChI is InChI=1S/C6H8N2O2.3C4H9.Sn/c1-7-4-3-5(9)8(2)6(7)10;3*1-3-4-2;/h3-4H,1-2H3;3*1,3-4H2,2H3;/q+1;;;;. The topological polar surface area (TPSA) is 40.4 Å². The van der Waals surface area contributed by atoms with Crippen molar-refractivity contribution in [3.63, 3.8) is 0 Å². The molecule has 0 saturated heterocycles. The van der Waals surface area contributed by atoms with Gasteiger partial charge in [-0.2, -0.15) is 0 Å². The summed E-state index contributed by atoms with van der Waals surface area (Å²) in [4.78, 5) is 26.4. The summed E-state index contributed by atoms with van der Waals surface area (Å²) in [7, 11) is 3.45. The molecule has 0 saturated carbocycles. The Bertz CT molecular complexity index is 427. The van der Waals surface area contributed by atoms with Gasteiger partial charge in [-0.3, -0.25) is 0 Å². The van der Waals surface area contributed by atoms with E-state index in [0.29, 0.717) is 0 Å². The number of hydrogen-bond acceptors (Lipinski definition) is 2. The van der Waals surface area contributed by atoms with Gasteiger partial charge in [-0.1, -0.05) is 0 Å². The molecule has 0 spiro atoms. The first-order valence-electron chi connectivity index (χ1n) is 9.32. The van der Waals surface area contributed by atoms with Gasteiger partial charge in [0.2, 0.25) is 0 Å². The summed E-state index contributed by atoms with van der Waals surface area (Å²) >= 11 is -2.68. The van der Waals surface area contributed by atoms with Crippen molar-refractivity contribution < 1.29 is 14.2 Å². The van der Waals surface area contributed by atoms with Crippen LogP contribution in [0.1, 0.15) is 59.3 Å². The number of nitrogens with zero attached hydrogens (tertiary/aromatic N) is 2. The second kappa shape index (κ2) is 9.80. The second-order valence-electron chi connectivity index (χ2n) is 7.09. The summed E-state index contributed by atoms with van der Waals surface area (Å²) in [5, 5.41) is 0. The van der Waals surface area contributed by atoms with E-state index in [-0.39, 0.29) is 15.9 Å². The molecular weight excluding hydrogens is 395 g/mol. The number of amides is 3. The quantitative estimate of drug-likeness (QED) is 0.378. The van der Waals surface area contributed by atoms with Crippen LogP contribution in [0, 0.1) is 0 Å². The van der Waals surface area contributed by atoms with E-state index >= 15 is 0 Å². The van der Waals surface area contributed by atoms with Crippen molar-refractivity contribution in [1.29, 1.82) is 0 Å². The van der Waals surface area contributed by atoms with Crippen LogP contribution in [0.3, 0.4) is 0 Å². The van der Waals surface area contributed by atoms with Gasteiger partial charge in [0.25, 0.3) is 0 Å². The third-order valence-corrected chi connectivity index (χ3v) is 21.8. The molecule has 3 amide bonds. The normalized spacial score (nSPS) is 19.3. The second-order valence-corrected chi connectivity index (χ2v) is 20.9. The molecule has 5 heteroatoms. The van der Waals surface area contributed by atoms with Crippen molar-refractivity contribution in [1.82, 2.24) is 4.90 Å². The first kappa shape index (κ1) is 20.7. The van der Waals surface area contributed by atoms with Crippen LogP contribution in [0.2, 0.25) is 17.2 Å². The molecule has 132 valence electrons. The van der Waals surface area contributed by atoms with Crippen molar-refractivity contribution >= 4 is 36.5 Å². The molecule has 0 aromatic carbocycles. The van der Waals surface area contributed by atoms with Gasteiger partial charge in [-0.25, -0.2) is 0 Å². The Morgan fingerprint density at radius 1 is 1.00 bits per heavy atom. The van der Waals surface area contributed by atoms with E-state index in [1.807, 2.05) is 6.21 Å². The molecule has 1 heterocycles. The van der Waals surface area contributed by atoms with Gasteiger partial charge in [0.05, 0.1) is 0 Å². The molecule has 1 unspecified atom stereocenters. The minimum atomic E-state index is -2.68. The molecular formula is C18H35N2O2Sn+. The number of imide groups is 1. The molecule has 0 aromatic rings. The predicted molar refractivity (Wildman–Crippen MR) is 99.1 cm³/mol. The van der Waals surface area contributed by atoms with E-state index in [0.717, 1.165) is 0 Å². The molecule has 1 aliphatic heterocycles. The van der Waals surface area contributed by atoms with Crippen molar-refractivity contribution in [3.8, 4) is 0 Å². The summed E-state index contributed by atoms with van der Waals surface area (Å²) in [5.41, 5.74) is 0. The number of unbranched alkanes of at least 4 members (excludes halogenated alkanes) is 3. The Morgan fingerprint density at radius 3 is 1.83 bits per heavy atom. The van der Waals surface area contributed by atoms with Crippen LogP contribution < -0.4 is 0 Å². The Morgan fingerprint density at radius 2 is 1.43 bits per heavy atom. The molecule has 0 bridgehead atoms. The van der Waals surface area contributed by atoms with Crippen LogP contribution in [0.25, 0.3) is 0 Å². The van der Waals surface area contributed by atoms with Gasteiger partial charge >= 0.3 is 146 Å². The van der Waals surface area contributed by atoms with Gasteiger partial charge in [0.1, 0.15) is 0 Å². The Kier molecular flexibility index (Phi) is 8.80. The van der Waals surface area contributed by atoms with Crippen LogP contribution in [0.4, 0.5) is 4.79 Å². The Hall–Kier alpha value is -0.391. The zero-order valence-corrected chi connectivity index (χ0v) is 18.6. The Labute approximate surface area is 146 Å². The van der Waals surface area contributed by atoms with E-state index in [1.165, 1.54) is 56.7 Å². The number of urea groups is 1. The summed E-state index contributed by atoms with van der Waals surface area (Å²) in [6.45, 7) is 6.72. The molecule has 1 atom stereocenters. The van der Waals surface area contributed by atoms with Gasteiger partial charge in [0.15, 0.2) is 0 Å². The predicted octanol–water partition coefficient (Wildman–Crippen LogP) is 4.51. The third kappa shape index (κ3) is 5.04. The maximum atomic E-state index is 12.9. The van der Waals surface area contributed by atoms with Crippen molar-refractivity contribution in [3.05, 3.63) is 0 Å². The van der Waals surface area contributed by atoms with Crippen LogP contribution in [-0.4, -0.2) is 60.1 Å². The summed E-state index contributed by atoms with van der Waals surface area (Å²) < 4.78 is 5.55. The Balaban J connectivity index is 3.22. The average Bonchev–Trinajstić information content (AvgIpc) is 2.56. The molecule has 0 radical (unpaired) electrons. The fraction of sp³-hybridized carbons (Fsp3) is 0.833. The van der Waals surface area contributed by atoms with E-state index < -0.39 is 18.4 Å². The number of carbonyl (C=O) groups excluding carboxylic acids is 2. The van der Waals surface area contributed by atoms with Gasteiger partial charge in [0, 0.05) is 0 Å². The minimum absolute atomic E-state index is 0.0432. The van der Waals surface area contributed by atoms with Crippen LogP contribution >= 0.6 is 0 Å². The molecule has 1 aliphatic rings. The fourth-order valence-corrected chi connectivity index (χ4v) is 21.2. The number of rotatable bonds is 10. The molecule has 0 aromatic heterocycles. The number of carbonyl (C=O) groups is 2. The maximum absolute atomic E-state index is 12.9.